The van der Waals surface area contributed by atoms with Crippen molar-refractivity contribution in [3.63, 3.8) is 0 Å². The molecule has 118 valence electrons. The van der Waals surface area contributed by atoms with Crippen molar-refractivity contribution in [2.24, 2.45) is 0 Å². The topological polar surface area (TPSA) is 50.4 Å². The third-order valence-corrected chi connectivity index (χ3v) is 3.28. The van der Waals surface area contributed by atoms with Crippen LogP contribution in [0.3, 0.4) is 0 Å². The van der Waals surface area contributed by atoms with Crippen LogP contribution < -0.4 is 15.4 Å². The lowest BCUT2D eigenvalue weighted by Gasteiger charge is -2.14. The highest BCUT2D eigenvalue weighted by atomic mass is 16.5. The van der Waals surface area contributed by atoms with Gasteiger partial charge in [0, 0.05) is 13.1 Å². The Morgan fingerprint density at radius 1 is 1.29 bits per heavy atom. The summed E-state index contributed by atoms with van der Waals surface area (Å²) >= 11 is 0. The van der Waals surface area contributed by atoms with E-state index in [1.54, 1.807) is 0 Å². The first kappa shape index (κ1) is 17.5. The standard InChI is InChI=1S/C17H28N2O2/c1-4-5-6-10-19-17(20)15(3)18-11-12-21-16-9-7-8-14(2)13-16/h7-9,13,15,18H,4-6,10-12H2,1-3H3,(H,19,20). The fourth-order valence-electron chi connectivity index (χ4n) is 1.98. The number of amides is 1. The molecule has 1 amide bonds. The van der Waals surface area contributed by atoms with Crippen LogP contribution in [0.25, 0.3) is 0 Å². The lowest BCUT2D eigenvalue weighted by atomic mass is 10.2. The number of hydrogen-bond acceptors (Lipinski definition) is 3. The van der Waals surface area contributed by atoms with E-state index in [9.17, 15) is 4.79 Å². The monoisotopic (exact) mass is 292 g/mol. The molecular formula is C17H28N2O2. The van der Waals surface area contributed by atoms with Gasteiger partial charge in [-0.15, -0.1) is 0 Å². The molecule has 0 spiro atoms. The molecule has 2 N–H and O–H groups in total. The molecule has 1 atom stereocenters. The zero-order valence-electron chi connectivity index (χ0n) is 13.4. The number of carbonyl (C=O) groups excluding carboxylic acids is 1. The highest BCUT2D eigenvalue weighted by molar-refractivity contribution is 5.81. The van der Waals surface area contributed by atoms with E-state index >= 15 is 0 Å². The Balaban J connectivity index is 2.12. The molecule has 0 fully saturated rings. The maximum atomic E-state index is 11.8. The molecule has 1 unspecified atom stereocenters. The Hall–Kier alpha value is -1.55. The minimum atomic E-state index is -0.187. The summed E-state index contributed by atoms with van der Waals surface area (Å²) in [5.41, 5.74) is 1.18. The van der Waals surface area contributed by atoms with Gasteiger partial charge in [-0.25, -0.2) is 0 Å². The lowest BCUT2D eigenvalue weighted by Crippen LogP contribution is -2.43. The third-order valence-electron chi connectivity index (χ3n) is 3.28. The Bertz CT molecular complexity index is 421. The molecule has 0 aliphatic heterocycles. The van der Waals surface area contributed by atoms with Gasteiger partial charge < -0.3 is 15.4 Å². The summed E-state index contributed by atoms with van der Waals surface area (Å²) in [5.74, 6) is 0.926. The number of carbonyl (C=O) groups is 1. The number of nitrogens with one attached hydrogen (secondary N) is 2. The summed E-state index contributed by atoms with van der Waals surface area (Å²) in [5, 5.41) is 6.11. The van der Waals surface area contributed by atoms with Gasteiger partial charge in [0.1, 0.15) is 12.4 Å². The van der Waals surface area contributed by atoms with E-state index in [2.05, 4.69) is 17.6 Å². The molecular weight excluding hydrogens is 264 g/mol. The zero-order valence-corrected chi connectivity index (χ0v) is 13.4. The summed E-state index contributed by atoms with van der Waals surface area (Å²) in [7, 11) is 0. The van der Waals surface area contributed by atoms with Gasteiger partial charge >= 0.3 is 0 Å². The number of benzene rings is 1. The number of ether oxygens (including phenoxy) is 1. The van der Waals surface area contributed by atoms with Crippen molar-refractivity contribution in [1.29, 1.82) is 0 Å². The van der Waals surface area contributed by atoms with E-state index in [0.29, 0.717) is 13.2 Å². The van der Waals surface area contributed by atoms with E-state index < -0.39 is 0 Å². The Kier molecular flexibility index (Phi) is 8.51. The van der Waals surface area contributed by atoms with Crippen LogP contribution in [-0.2, 0) is 4.79 Å². The van der Waals surface area contributed by atoms with E-state index in [-0.39, 0.29) is 11.9 Å². The molecule has 0 heterocycles. The van der Waals surface area contributed by atoms with Gasteiger partial charge in [0.2, 0.25) is 5.91 Å². The van der Waals surface area contributed by atoms with Gasteiger partial charge in [-0.1, -0.05) is 31.9 Å². The minimum Gasteiger partial charge on any atom is -0.492 e. The summed E-state index contributed by atoms with van der Waals surface area (Å²) in [6.07, 6.45) is 3.37. The maximum Gasteiger partial charge on any atom is 0.236 e. The largest absolute Gasteiger partial charge is 0.492 e. The third kappa shape index (κ3) is 7.71. The van der Waals surface area contributed by atoms with E-state index in [1.165, 1.54) is 12.0 Å². The van der Waals surface area contributed by atoms with Crippen LogP contribution in [0, 0.1) is 6.92 Å². The molecule has 0 saturated carbocycles. The Morgan fingerprint density at radius 3 is 2.81 bits per heavy atom. The van der Waals surface area contributed by atoms with E-state index in [0.717, 1.165) is 25.1 Å². The molecule has 1 aromatic carbocycles. The van der Waals surface area contributed by atoms with Crippen LogP contribution in [-0.4, -0.2) is 31.6 Å². The first-order valence-electron chi connectivity index (χ1n) is 7.84. The van der Waals surface area contributed by atoms with Crippen LogP contribution in [0.15, 0.2) is 24.3 Å². The highest BCUT2D eigenvalue weighted by Gasteiger charge is 2.10. The quantitative estimate of drug-likeness (QED) is 0.652. The molecule has 21 heavy (non-hydrogen) atoms. The van der Waals surface area contributed by atoms with Crippen LogP contribution in [0.5, 0.6) is 5.75 Å². The second kappa shape index (κ2) is 10.2. The SMILES string of the molecule is CCCCCNC(=O)C(C)NCCOc1cccc(C)c1. The van der Waals surface area contributed by atoms with Gasteiger partial charge in [0.05, 0.1) is 6.04 Å². The molecule has 0 bridgehead atoms. The Morgan fingerprint density at radius 2 is 2.10 bits per heavy atom. The van der Waals surface area contributed by atoms with Crippen molar-refractivity contribution in [2.75, 3.05) is 19.7 Å². The second-order valence-electron chi connectivity index (χ2n) is 5.34. The lowest BCUT2D eigenvalue weighted by molar-refractivity contribution is -0.122. The molecule has 1 aromatic rings. The molecule has 0 saturated heterocycles. The Labute approximate surface area is 128 Å². The predicted octanol–water partition coefficient (Wildman–Crippen LogP) is 2.66. The van der Waals surface area contributed by atoms with Crippen molar-refractivity contribution in [3.8, 4) is 5.75 Å². The van der Waals surface area contributed by atoms with E-state index in [1.807, 2.05) is 38.1 Å². The normalized spacial score (nSPS) is 12.0. The fraction of sp³-hybridized carbons (Fsp3) is 0.588. The molecule has 4 nitrogen and oxygen atoms in total. The first-order valence-corrected chi connectivity index (χ1v) is 7.84. The minimum absolute atomic E-state index is 0.0571. The van der Waals surface area contributed by atoms with Crippen molar-refractivity contribution in [2.45, 2.75) is 46.1 Å². The smallest absolute Gasteiger partial charge is 0.236 e. The van der Waals surface area contributed by atoms with Crippen LogP contribution in [0.2, 0.25) is 0 Å². The average molecular weight is 292 g/mol. The fourth-order valence-corrected chi connectivity index (χ4v) is 1.98. The number of hydrogen-bond donors (Lipinski definition) is 2. The van der Waals surface area contributed by atoms with Crippen LogP contribution in [0.4, 0.5) is 0 Å². The van der Waals surface area contributed by atoms with Crippen LogP contribution in [0.1, 0.15) is 38.7 Å². The predicted molar refractivity (Wildman–Crippen MR) is 86.7 cm³/mol. The molecule has 0 aliphatic rings. The molecule has 1 rings (SSSR count). The summed E-state index contributed by atoms with van der Waals surface area (Å²) in [6.45, 7) is 8.03. The van der Waals surface area contributed by atoms with Crippen molar-refractivity contribution < 1.29 is 9.53 Å². The highest BCUT2D eigenvalue weighted by Crippen LogP contribution is 2.11. The van der Waals surface area contributed by atoms with Crippen LogP contribution >= 0.6 is 0 Å². The summed E-state index contributed by atoms with van der Waals surface area (Å²) in [4.78, 5) is 11.8. The number of unbranched alkanes of at least 4 members (excludes halogenated alkanes) is 2. The average Bonchev–Trinajstić information content (AvgIpc) is 2.47. The molecule has 4 heteroatoms. The molecule has 0 aliphatic carbocycles. The van der Waals surface area contributed by atoms with Gasteiger partial charge in [-0.3, -0.25) is 4.79 Å². The molecule has 0 aromatic heterocycles. The zero-order chi connectivity index (χ0) is 15.5. The van der Waals surface area contributed by atoms with Crippen molar-refractivity contribution in [1.82, 2.24) is 10.6 Å². The summed E-state index contributed by atoms with van der Waals surface area (Å²) < 4.78 is 5.64. The van der Waals surface area contributed by atoms with Gasteiger partial charge in [-0.05, 0) is 38.0 Å². The second-order valence-corrected chi connectivity index (χ2v) is 5.34. The number of aryl methyl sites for hydroxylation is 1. The molecule has 0 radical (unpaired) electrons. The maximum absolute atomic E-state index is 11.8. The van der Waals surface area contributed by atoms with Crippen molar-refractivity contribution >= 4 is 5.91 Å². The van der Waals surface area contributed by atoms with E-state index in [4.69, 9.17) is 4.74 Å². The van der Waals surface area contributed by atoms with Gasteiger partial charge in [-0.2, -0.15) is 0 Å². The van der Waals surface area contributed by atoms with Crippen molar-refractivity contribution in [3.05, 3.63) is 29.8 Å². The van der Waals surface area contributed by atoms with Gasteiger partial charge in [0.15, 0.2) is 0 Å². The first-order chi connectivity index (χ1) is 10.1. The summed E-state index contributed by atoms with van der Waals surface area (Å²) in [6, 6.07) is 7.77. The van der Waals surface area contributed by atoms with Gasteiger partial charge in [0.25, 0.3) is 0 Å². The number of rotatable bonds is 10.